The number of nitrogens with zero attached hydrogens (tertiary/aromatic N) is 1. The van der Waals surface area contributed by atoms with Gasteiger partial charge in [-0.1, -0.05) is 20.3 Å². The van der Waals surface area contributed by atoms with Gasteiger partial charge in [-0.25, -0.2) is 0 Å². The second kappa shape index (κ2) is 6.55. The van der Waals surface area contributed by atoms with Gasteiger partial charge in [0, 0.05) is 44.4 Å². The Morgan fingerprint density at radius 3 is 2.57 bits per heavy atom. The normalized spacial score (nSPS) is 37.6. The summed E-state index contributed by atoms with van der Waals surface area (Å²) in [6, 6.07) is 0.682. The van der Waals surface area contributed by atoms with E-state index in [4.69, 9.17) is 4.74 Å². The fraction of sp³-hybridized carbons (Fsp3) is 1.00. The molecule has 21 heavy (non-hydrogen) atoms. The maximum Gasteiger partial charge on any atom is 0.0469 e. The number of ether oxygens (including phenoxy) is 1. The molecule has 0 aromatic rings. The monoisotopic (exact) mass is 294 g/mol. The van der Waals surface area contributed by atoms with Crippen LogP contribution in [0, 0.1) is 17.8 Å². The first-order chi connectivity index (χ1) is 10.1. The number of hydrogen-bond acceptors (Lipinski definition) is 3. The summed E-state index contributed by atoms with van der Waals surface area (Å²) < 4.78 is 5.55. The largest absolute Gasteiger partial charge is 0.381 e. The highest BCUT2D eigenvalue weighted by Crippen LogP contribution is 2.44. The van der Waals surface area contributed by atoms with Gasteiger partial charge in [-0.2, -0.15) is 0 Å². The van der Waals surface area contributed by atoms with E-state index in [0.717, 1.165) is 31.0 Å². The Bertz CT molecular complexity index is 336. The highest BCUT2D eigenvalue weighted by atomic mass is 16.5. The second-order valence-corrected chi connectivity index (χ2v) is 7.97. The molecule has 3 unspecified atom stereocenters. The van der Waals surface area contributed by atoms with Gasteiger partial charge in [0.15, 0.2) is 0 Å². The Hall–Kier alpha value is -0.120. The van der Waals surface area contributed by atoms with Crippen LogP contribution in [0.2, 0.25) is 0 Å². The van der Waals surface area contributed by atoms with Crippen molar-refractivity contribution in [2.24, 2.45) is 17.8 Å². The van der Waals surface area contributed by atoms with Crippen molar-refractivity contribution in [1.29, 1.82) is 0 Å². The van der Waals surface area contributed by atoms with Gasteiger partial charge in [0.1, 0.15) is 0 Å². The predicted octanol–water partition coefficient (Wildman–Crippen LogP) is 2.90. The third-order valence-electron chi connectivity index (χ3n) is 6.47. The molecule has 3 aliphatic rings. The molecule has 2 saturated heterocycles. The summed E-state index contributed by atoms with van der Waals surface area (Å²) in [5.41, 5.74) is 0.405. The minimum Gasteiger partial charge on any atom is -0.381 e. The summed E-state index contributed by atoms with van der Waals surface area (Å²) in [6.45, 7) is 12.9. The summed E-state index contributed by atoms with van der Waals surface area (Å²) in [7, 11) is 0. The van der Waals surface area contributed by atoms with Crippen LogP contribution in [0.5, 0.6) is 0 Å². The van der Waals surface area contributed by atoms with Crippen molar-refractivity contribution < 1.29 is 4.74 Å². The molecule has 1 aliphatic carbocycles. The van der Waals surface area contributed by atoms with E-state index in [1.807, 2.05) is 0 Å². The Labute approximate surface area is 130 Å². The number of nitrogens with one attached hydrogen (secondary N) is 1. The maximum atomic E-state index is 5.55. The fourth-order valence-electron chi connectivity index (χ4n) is 4.26. The molecule has 122 valence electrons. The van der Waals surface area contributed by atoms with Crippen LogP contribution >= 0.6 is 0 Å². The van der Waals surface area contributed by atoms with E-state index < -0.39 is 0 Å². The standard InChI is InChI=1S/C18H34N2O/c1-4-14(2)17-12-20(11-15-7-9-21-10-8-15)18(3,13-19-17)16-5-6-16/h14-17,19H,4-13H2,1-3H3. The Kier molecular flexibility index (Phi) is 4.92. The lowest BCUT2D eigenvalue weighted by Gasteiger charge is -2.51. The highest BCUT2D eigenvalue weighted by molar-refractivity contribution is 5.05. The molecular formula is C18H34N2O. The van der Waals surface area contributed by atoms with Crippen LogP contribution in [0.25, 0.3) is 0 Å². The van der Waals surface area contributed by atoms with Crippen LogP contribution in [0.3, 0.4) is 0 Å². The summed E-state index contributed by atoms with van der Waals surface area (Å²) in [5.74, 6) is 2.57. The zero-order valence-electron chi connectivity index (χ0n) is 14.2. The zero-order chi connectivity index (χ0) is 14.9. The maximum absolute atomic E-state index is 5.55. The van der Waals surface area contributed by atoms with Crippen molar-refractivity contribution in [1.82, 2.24) is 10.2 Å². The molecule has 1 N–H and O–H groups in total. The third-order valence-corrected chi connectivity index (χ3v) is 6.47. The molecule has 0 aromatic carbocycles. The molecule has 0 bridgehead atoms. The fourth-order valence-corrected chi connectivity index (χ4v) is 4.26. The van der Waals surface area contributed by atoms with Crippen molar-refractivity contribution in [3.8, 4) is 0 Å². The summed E-state index contributed by atoms with van der Waals surface area (Å²) in [5, 5.41) is 3.88. The predicted molar refractivity (Wildman–Crippen MR) is 87.5 cm³/mol. The van der Waals surface area contributed by atoms with Crippen molar-refractivity contribution in [3.05, 3.63) is 0 Å². The number of hydrogen-bond donors (Lipinski definition) is 1. The molecule has 0 amide bonds. The van der Waals surface area contributed by atoms with Gasteiger partial charge in [-0.3, -0.25) is 4.90 Å². The van der Waals surface area contributed by atoms with E-state index in [2.05, 4.69) is 31.0 Å². The number of piperazine rings is 1. The van der Waals surface area contributed by atoms with Gasteiger partial charge in [0.05, 0.1) is 0 Å². The van der Waals surface area contributed by atoms with E-state index in [9.17, 15) is 0 Å². The van der Waals surface area contributed by atoms with Crippen LogP contribution in [0.15, 0.2) is 0 Å². The van der Waals surface area contributed by atoms with Gasteiger partial charge in [0.25, 0.3) is 0 Å². The third kappa shape index (κ3) is 3.46. The van der Waals surface area contributed by atoms with E-state index in [1.165, 1.54) is 51.7 Å². The van der Waals surface area contributed by atoms with Gasteiger partial charge >= 0.3 is 0 Å². The summed E-state index contributed by atoms with van der Waals surface area (Å²) in [6.07, 6.45) is 6.69. The summed E-state index contributed by atoms with van der Waals surface area (Å²) in [4.78, 5) is 2.87. The van der Waals surface area contributed by atoms with Gasteiger partial charge < -0.3 is 10.1 Å². The van der Waals surface area contributed by atoms with Gasteiger partial charge in [-0.15, -0.1) is 0 Å². The molecule has 0 radical (unpaired) electrons. The van der Waals surface area contributed by atoms with Gasteiger partial charge in [-0.05, 0) is 50.4 Å². The Morgan fingerprint density at radius 1 is 1.24 bits per heavy atom. The van der Waals surface area contributed by atoms with Crippen molar-refractivity contribution >= 4 is 0 Å². The Balaban J connectivity index is 1.66. The molecule has 2 aliphatic heterocycles. The molecule has 3 nitrogen and oxygen atoms in total. The van der Waals surface area contributed by atoms with E-state index >= 15 is 0 Å². The minimum absolute atomic E-state index is 0.405. The zero-order valence-corrected chi connectivity index (χ0v) is 14.2. The lowest BCUT2D eigenvalue weighted by Crippen LogP contribution is -2.66. The Morgan fingerprint density at radius 2 is 1.95 bits per heavy atom. The molecule has 3 fully saturated rings. The smallest absolute Gasteiger partial charge is 0.0469 e. The summed E-state index contributed by atoms with van der Waals surface area (Å²) >= 11 is 0. The molecule has 3 rings (SSSR count). The molecule has 2 heterocycles. The molecule has 3 atom stereocenters. The van der Waals surface area contributed by atoms with E-state index in [0.29, 0.717) is 11.6 Å². The SMILES string of the molecule is CCC(C)C1CN(CC2CCOCC2)C(C)(C2CC2)CN1. The average Bonchev–Trinajstić information content (AvgIpc) is 3.35. The van der Waals surface area contributed by atoms with Crippen LogP contribution < -0.4 is 5.32 Å². The van der Waals surface area contributed by atoms with Crippen molar-refractivity contribution in [2.45, 2.75) is 64.5 Å². The first-order valence-electron chi connectivity index (χ1n) is 9.19. The molecule has 3 heteroatoms. The molecule has 0 aromatic heterocycles. The quantitative estimate of drug-likeness (QED) is 0.844. The van der Waals surface area contributed by atoms with Crippen molar-refractivity contribution in [3.63, 3.8) is 0 Å². The first-order valence-corrected chi connectivity index (χ1v) is 9.19. The van der Waals surface area contributed by atoms with Crippen LogP contribution in [-0.2, 0) is 4.74 Å². The number of rotatable bonds is 5. The highest BCUT2D eigenvalue weighted by Gasteiger charge is 2.49. The average molecular weight is 294 g/mol. The minimum atomic E-state index is 0.405. The lowest BCUT2D eigenvalue weighted by molar-refractivity contribution is -0.0109. The van der Waals surface area contributed by atoms with Crippen molar-refractivity contribution in [2.75, 3.05) is 32.8 Å². The van der Waals surface area contributed by atoms with E-state index in [1.54, 1.807) is 0 Å². The van der Waals surface area contributed by atoms with Crippen LogP contribution in [-0.4, -0.2) is 49.3 Å². The van der Waals surface area contributed by atoms with Crippen LogP contribution in [0.4, 0.5) is 0 Å². The molecule has 1 saturated carbocycles. The van der Waals surface area contributed by atoms with E-state index in [-0.39, 0.29) is 0 Å². The van der Waals surface area contributed by atoms with Gasteiger partial charge in [0.2, 0.25) is 0 Å². The van der Waals surface area contributed by atoms with Crippen LogP contribution in [0.1, 0.15) is 52.9 Å². The molecule has 0 spiro atoms. The topological polar surface area (TPSA) is 24.5 Å². The lowest BCUT2D eigenvalue weighted by atomic mass is 9.84. The second-order valence-electron chi connectivity index (χ2n) is 7.97. The molecular weight excluding hydrogens is 260 g/mol. The first kappa shape index (κ1) is 15.8.